The minimum absolute atomic E-state index is 0.0964. The van der Waals surface area contributed by atoms with Gasteiger partial charge in [-0.1, -0.05) is 35.9 Å². The highest BCUT2D eigenvalue weighted by atomic mass is 35.5. The lowest BCUT2D eigenvalue weighted by Crippen LogP contribution is -3.06. The number of carbonyl (C=O) groups is 1. The van der Waals surface area contributed by atoms with E-state index in [1.54, 1.807) is 17.0 Å². The van der Waals surface area contributed by atoms with Crippen molar-refractivity contribution in [2.75, 3.05) is 11.9 Å². The third-order valence-corrected chi connectivity index (χ3v) is 5.31. The van der Waals surface area contributed by atoms with E-state index >= 15 is 0 Å². The number of benzene rings is 2. The van der Waals surface area contributed by atoms with E-state index < -0.39 is 0 Å². The number of hydrogen-bond acceptors (Lipinski definition) is 3. The first kappa shape index (κ1) is 19.5. The van der Waals surface area contributed by atoms with Crippen LogP contribution in [0.15, 0.2) is 53.9 Å². The van der Waals surface area contributed by atoms with Gasteiger partial charge in [-0.3, -0.25) is 9.69 Å². The number of aromatic nitrogens is 1. The Labute approximate surface area is 166 Å². The summed E-state index contributed by atoms with van der Waals surface area (Å²) in [4.78, 5) is 19.4. The Hall–Kier alpha value is -2.28. The standard InChI is InChI=1S/C20H19ClFN3OS/c1-14(26)25(16-7-4-3-5-8-16)20-23-15(13-27-20)11-24(2)12-17-18(21)9-6-10-19(17)22/h3-10,13H,11-12H2,1-2H3/p+1. The molecule has 1 amide bonds. The zero-order valence-corrected chi connectivity index (χ0v) is 16.6. The normalized spacial score (nSPS) is 12.0. The summed E-state index contributed by atoms with van der Waals surface area (Å²) in [6.07, 6.45) is 0. The molecule has 3 aromatic rings. The van der Waals surface area contributed by atoms with Crippen LogP contribution >= 0.6 is 22.9 Å². The number of thiazole rings is 1. The fraction of sp³-hybridized carbons (Fsp3) is 0.200. The average molecular weight is 405 g/mol. The van der Waals surface area contributed by atoms with Gasteiger partial charge in [-0.25, -0.2) is 9.37 Å². The van der Waals surface area contributed by atoms with Crippen LogP contribution in [0.2, 0.25) is 5.02 Å². The van der Waals surface area contributed by atoms with Gasteiger partial charge in [0.05, 0.1) is 23.3 Å². The van der Waals surface area contributed by atoms with Crippen molar-refractivity contribution in [2.45, 2.75) is 20.0 Å². The number of halogens is 2. The van der Waals surface area contributed by atoms with Crippen molar-refractivity contribution in [2.24, 2.45) is 0 Å². The summed E-state index contributed by atoms with van der Waals surface area (Å²) in [5.41, 5.74) is 2.13. The number of rotatable bonds is 6. The molecule has 4 nitrogen and oxygen atoms in total. The molecule has 1 heterocycles. The summed E-state index contributed by atoms with van der Waals surface area (Å²) in [7, 11) is 1.96. The molecule has 0 aliphatic carbocycles. The smallest absolute Gasteiger partial charge is 0.230 e. The second-order valence-electron chi connectivity index (χ2n) is 6.32. The number of amides is 1. The highest BCUT2D eigenvalue weighted by Gasteiger charge is 2.19. The Morgan fingerprint density at radius 1 is 1.19 bits per heavy atom. The maximum absolute atomic E-state index is 14.0. The van der Waals surface area contributed by atoms with Crippen molar-refractivity contribution >= 4 is 39.7 Å². The topological polar surface area (TPSA) is 37.6 Å². The summed E-state index contributed by atoms with van der Waals surface area (Å²) in [5.74, 6) is -0.395. The quantitative estimate of drug-likeness (QED) is 0.678. The van der Waals surface area contributed by atoms with Crippen molar-refractivity contribution < 1.29 is 14.1 Å². The average Bonchev–Trinajstić information content (AvgIpc) is 3.07. The fourth-order valence-corrected chi connectivity index (χ4v) is 3.98. The first-order valence-electron chi connectivity index (χ1n) is 8.50. The Morgan fingerprint density at radius 3 is 2.59 bits per heavy atom. The minimum atomic E-state index is -0.298. The summed E-state index contributed by atoms with van der Waals surface area (Å²) in [6.45, 7) is 2.57. The Kier molecular flexibility index (Phi) is 6.21. The van der Waals surface area contributed by atoms with Gasteiger partial charge in [0.15, 0.2) is 5.13 Å². The van der Waals surface area contributed by atoms with E-state index in [4.69, 9.17) is 11.6 Å². The van der Waals surface area contributed by atoms with Crippen molar-refractivity contribution in [3.8, 4) is 0 Å². The predicted molar refractivity (Wildman–Crippen MR) is 107 cm³/mol. The first-order chi connectivity index (χ1) is 13.0. The minimum Gasteiger partial charge on any atom is -0.328 e. The highest BCUT2D eigenvalue weighted by Crippen LogP contribution is 2.28. The number of anilines is 2. The number of hydrogen-bond donors (Lipinski definition) is 1. The number of quaternary nitrogens is 1. The second-order valence-corrected chi connectivity index (χ2v) is 7.57. The largest absolute Gasteiger partial charge is 0.328 e. The van der Waals surface area contributed by atoms with Crippen LogP contribution < -0.4 is 9.80 Å². The Morgan fingerprint density at radius 2 is 1.93 bits per heavy atom. The molecule has 0 saturated heterocycles. The lowest BCUT2D eigenvalue weighted by atomic mass is 10.2. The zero-order valence-electron chi connectivity index (χ0n) is 15.1. The van der Waals surface area contributed by atoms with Crippen molar-refractivity contribution in [1.82, 2.24) is 4.98 Å². The van der Waals surface area contributed by atoms with Crippen LogP contribution in [-0.4, -0.2) is 17.9 Å². The third kappa shape index (κ3) is 4.71. The molecular weight excluding hydrogens is 385 g/mol. The first-order valence-corrected chi connectivity index (χ1v) is 9.76. The number of para-hydroxylation sites is 1. The monoisotopic (exact) mass is 404 g/mol. The SMILES string of the molecule is CC(=O)N(c1ccccc1)c1nc(C[NH+](C)Cc2c(F)cccc2Cl)cs1. The lowest BCUT2D eigenvalue weighted by Gasteiger charge is -2.18. The van der Waals surface area contributed by atoms with Crippen LogP contribution in [0.3, 0.4) is 0 Å². The molecular formula is C20H20ClFN3OS+. The molecule has 0 aliphatic heterocycles. The van der Waals surface area contributed by atoms with Crippen LogP contribution in [0, 0.1) is 5.82 Å². The van der Waals surface area contributed by atoms with Crippen LogP contribution in [0.25, 0.3) is 0 Å². The molecule has 3 rings (SSSR count). The van der Waals surface area contributed by atoms with Gasteiger partial charge in [-0.15, -0.1) is 11.3 Å². The van der Waals surface area contributed by atoms with Crippen LogP contribution in [0.4, 0.5) is 15.2 Å². The molecule has 0 aliphatic rings. The van der Waals surface area contributed by atoms with E-state index in [1.165, 1.54) is 24.3 Å². The molecule has 1 aromatic heterocycles. The lowest BCUT2D eigenvalue weighted by molar-refractivity contribution is -0.908. The van der Waals surface area contributed by atoms with Crippen molar-refractivity contribution in [3.63, 3.8) is 0 Å². The molecule has 140 valence electrons. The molecule has 27 heavy (non-hydrogen) atoms. The van der Waals surface area contributed by atoms with Crippen molar-refractivity contribution in [1.29, 1.82) is 0 Å². The van der Waals surface area contributed by atoms with E-state index in [0.717, 1.165) is 16.3 Å². The summed E-state index contributed by atoms with van der Waals surface area (Å²) >= 11 is 7.53. The van der Waals surface area contributed by atoms with Gasteiger partial charge in [0.2, 0.25) is 5.91 Å². The Bertz CT molecular complexity index is 912. The second kappa shape index (κ2) is 8.61. The van der Waals surface area contributed by atoms with E-state index in [-0.39, 0.29) is 11.7 Å². The Balaban J connectivity index is 1.74. The predicted octanol–water partition coefficient (Wildman–Crippen LogP) is 3.84. The molecule has 0 fully saturated rings. The highest BCUT2D eigenvalue weighted by molar-refractivity contribution is 7.14. The number of nitrogens with zero attached hydrogens (tertiary/aromatic N) is 2. The van der Waals surface area contributed by atoms with E-state index in [1.807, 2.05) is 42.8 Å². The summed E-state index contributed by atoms with van der Waals surface area (Å²) in [5, 5.41) is 2.99. The van der Waals surface area contributed by atoms with E-state index in [9.17, 15) is 9.18 Å². The number of carbonyl (C=O) groups excluding carboxylic acids is 1. The third-order valence-electron chi connectivity index (χ3n) is 4.08. The van der Waals surface area contributed by atoms with Gasteiger partial charge in [0.1, 0.15) is 24.6 Å². The molecule has 0 bridgehead atoms. The van der Waals surface area contributed by atoms with Crippen LogP contribution in [0.1, 0.15) is 18.2 Å². The van der Waals surface area contributed by atoms with Gasteiger partial charge in [0.25, 0.3) is 0 Å². The molecule has 1 atom stereocenters. The molecule has 7 heteroatoms. The number of nitrogens with one attached hydrogen (secondary N) is 1. The van der Waals surface area contributed by atoms with Gasteiger partial charge < -0.3 is 4.90 Å². The molecule has 0 saturated carbocycles. The molecule has 1 unspecified atom stereocenters. The molecule has 1 N–H and O–H groups in total. The van der Waals surface area contributed by atoms with Gasteiger partial charge in [-0.2, -0.15) is 0 Å². The fourth-order valence-electron chi connectivity index (χ4n) is 2.86. The maximum atomic E-state index is 14.0. The van der Waals surface area contributed by atoms with Crippen molar-refractivity contribution in [3.05, 3.63) is 76.0 Å². The van der Waals surface area contributed by atoms with E-state index in [0.29, 0.717) is 28.8 Å². The summed E-state index contributed by atoms with van der Waals surface area (Å²) < 4.78 is 14.0. The van der Waals surface area contributed by atoms with Gasteiger partial charge in [-0.05, 0) is 24.3 Å². The van der Waals surface area contributed by atoms with Gasteiger partial charge in [0, 0.05) is 12.3 Å². The zero-order chi connectivity index (χ0) is 19.4. The van der Waals surface area contributed by atoms with Crippen LogP contribution in [-0.2, 0) is 17.9 Å². The molecule has 0 radical (unpaired) electrons. The maximum Gasteiger partial charge on any atom is 0.230 e. The summed E-state index contributed by atoms with van der Waals surface area (Å²) in [6, 6.07) is 14.1. The van der Waals surface area contributed by atoms with E-state index in [2.05, 4.69) is 4.98 Å². The van der Waals surface area contributed by atoms with Crippen LogP contribution in [0.5, 0.6) is 0 Å². The molecule has 0 spiro atoms. The molecule has 2 aromatic carbocycles. The van der Waals surface area contributed by atoms with Gasteiger partial charge >= 0.3 is 0 Å².